The van der Waals surface area contributed by atoms with Crippen molar-refractivity contribution in [1.29, 1.82) is 0 Å². The summed E-state index contributed by atoms with van der Waals surface area (Å²) in [6.07, 6.45) is 1.03. The van der Waals surface area contributed by atoms with Crippen LogP contribution in [0.25, 0.3) is 0 Å². The molecule has 0 saturated heterocycles. The number of aromatic nitrogens is 2. The molecule has 0 spiro atoms. The molecule has 0 saturated carbocycles. The van der Waals surface area contributed by atoms with Gasteiger partial charge in [-0.15, -0.1) is 0 Å². The van der Waals surface area contributed by atoms with E-state index >= 15 is 0 Å². The van der Waals surface area contributed by atoms with E-state index in [1.165, 1.54) is 11.3 Å². The smallest absolute Gasteiger partial charge is 0.0628 e. The first-order valence-electron chi connectivity index (χ1n) is 5.77. The molecule has 4 heteroatoms. The molecule has 4 nitrogen and oxygen atoms in total. The molecule has 1 aromatic rings. The molecule has 16 heavy (non-hydrogen) atoms. The summed E-state index contributed by atoms with van der Waals surface area (Å²) in [7, 11) is 3.72. The predicted molar refractivity (Wildman–Crippen MR) is 65.7 cm³/mol. The number of aryl methyl sites for hydroxylation is 2. The van der Waals surface area contributed by atoms with E-state index in [4.69, 9.17) is 4.74 Å². The van der Waals surface area contributed by atoms with Crippen LogP contribution in [0.15, 0.2) is 0 Å². The van der Waals surface area contributed by atoms with Crippen LogP contribution >= 0.6 is 0 Å². The predicted octanol–water partition coefficient (Wildman–Crippen LogP) is 1.20. The summed E-state index contributed by atoms with van der Waals surface area (Å²) >= 11 is 0. The Morgan fingerprint density at radius 2 is 2.12 bits per heavy atom. The number of methoxy groups -OCH3 is 1. The van der Waals surface area contributed by atoms with Crippen molar-refractivity contribution in [2.75, 3.05) is 20.3 Å². The molecule has 1 unspecified atom stereocenters. The lowest BCUT2D eigenvalue weighted by Gasteiger charge is -2.12. The van der Waals surface area contributed by atoms with Gasteiger partial charge in [-0.3, -0.25) is 4.68 Å². The molecule has 0 fully saturated rings. The zero-order valence-corrected chi connectivity index (χ0v) is 11.0. The van der Waals surface area contributed by atoms with E-state index in [2.05, 4.69) is 31.2 Å². The molecule has 0 aliphatic rings. The minimum Gasteiger partial charge on any atom is -0.383 e. The number of nitrogens with one attached hydrogen (secondary N) is 1. The lowest BCUT2D eigenvalue weighted by molar-refractivity contribution is 0.172. The van der Waals surface area contributed by atoms with Crippen molar-refractivity contribution in [2.24, 2.45) is 7.05 Å². The maximum atomic E-state index is 5.08. The fourth-order valence-corrected chi connectivity index (χ4v) is 1.93. The second-order valence-electron chi connectivity index (χ2n) is 4.33. The highest BCUT2D eigenvalue weighted by atomic mass is 16.5. The molecule has 1 atom stereocenters. The molecule has 0 amide bonds. The van der Waals surface area contributed by atoms with Gasteiger partial charge in [0.1, 0.15) is 0 Å². The fraction of sp³-hybridized carbons (Fsp3) is 0.750. The first-order valence-corrected chi connectivity index (χ1v) is 5.77. The Labute approximate surface area is 98.0 Å². The fourth-order valence-electron chi connectivity index (χ4n) is 1.93. The van der Waals surface area contributed by atoms with Crippen molar-refractivity contribution >= 4 is 0 Å². The summed E-state index contributed by atoms with van der Waals surface area (Å²) in [6, 6.07) is 0.405. The second kappa shape index (κ2) is 6.01. The van der Waals surface area contributed by atoms with Gasteiger partial charge in [0.25, 0.3) is 0 Å². The minimum atomic E-state index is 0.405. The highest BCUT2D eigenvalue weighted by Crippen LogP contribution is 2.11. The van der Waals surface area contributed by atoms with Crippen LogP contribution in [0.4, 0.5) is 0 Å². The van der Waals surface area contributed by atoms with Crippen LogP contribution in [0.5, 0.6) is 0 Å². The van der Waals surface area contributed by atoms with E-state index in [0.29, 0.717) is 6.04 Å². The molecule has 0 radical (unpaired) electrons. The Balaban J connectivity index is 2.43. The molecule has 1 aromatic heterocycles. The van der Waals surface area contributed by atoms with Crippen molar-refractivity contribution in [3.05, 3.63) is 17.0 Å². The molecule has 0 aromatic carbocycles. The van der Waals surface area contributed by atoms with Crippen LogP contribution < -0.4 is 5.32 Å². The molecule has 1 N–H and O–H groups in total. The average molecular weight is 225 g/mol. The van der Waals surface area contributed by atoms with Crippen LogP contribution in [-0.4, -0.2) is 36.1 Å². The van der Waals surface area contributed by atoms with Gasteiger partial charge in [-0.25, -0.2) is 0 Å². The summed E-state index contributed by atoms with van der Waals surface area (Å²) in [6.45, 7) is 8.05. The minimum absolute atomic E-state index is 0.405. The van der Waals surface area contributed by atoms with Gasteiger partial charge in [0.2, 0.25) is 0 Å². The Morgan fingerprint density at radius 1 is 1.44 bits per heavy atom. The van der Waals surface area contributed by atoms with Crippen LogP contribution in [0.3, 0.4) is 0 Å². The Kier molecular flexibility index (Phi) is 4.96. The number of hydrogen-bond donors (Lipinski definition) is 1. The van der Waals surface area contributed by atoms with Crippen LogP contribution in [0, 0.1) is 13.8 Å². The first-order chi connectivity index (χ1) is 7.56. The first kappa shape index (κ1) is 13.2. The molecule has 92 valence electrons. The van der Waals surface area contributed by atoms with Crippen molar-refractivity contribution < 1.29 is 4.74 Å². The molecular formula is C12H23N3O. The molecule has 1 rings (SSSR count). The normalized spacial score (nSPS) is 13.1. The molecule has 1 heterocycles. The van der Waals surface area contributed by atoms with Crippen molar-refractivity contribution in [2.45, 2.75) is 33.2 Å². The third-order valence-electron chi connectivity index (χ3n) is 2.94. The quantitative estimate of drug-likeness (QED) is 0.791. The summed E-state index contributed by atoms with van der Waals surface area (Å²) < 4.78 is 7.03. The Hall–Kier alpha value is -0.870. The summed E-state index contributed by atoms with van der Waals surface area (Å²) in [4.78, 5) is 0. The van der Waals surface area contributed by atoms with Gasteiger partial charge in [-0.1, -0.05) is 0 Å². The maximum Gasteiger partial charge on any atom is 0.0628 e. The van der Waals surface area contributed by atoms with Gasteiger partial charge in [-0.05, 0) is 39.3 Å². The highest BCUT2D eigenvalue weighted by molar-refractivity contribution is 5.24. The summed E-state index contributed by atoms with van der Waals surface area (Å²) in [5.74, 6) is 0. The van der Waals surface area contributed by atoms with Gasteiger partial charge >= 0.3 is 0 Å². The van der Waals surface area contributed by atoms with E-state index in [1.54, 1.807) is 7.11 Å². The van der Waals surface area contributed by atoms with Crippen molar-refractivity contribution in [3.8, 4) is 0 Å². The van der Waals surface area contributed by atoms with E-state index in [1.807, 2.05) is 11.7 Å². The topological polar surface area (TPSA) is 39.1 Å². The van der Waals surface area contributed by atoms with Crippen LogP contribution in [0.2, 0.25) is 0 Å². The van der Waals surface area contributed by atoms with Crippen LogP contribution in [-0.2, 0) is 18.2 Å². The van der Waals surface area contributed by atoms with Gasteiger partial charge < -0.3 is 10.1 Å². The zero-order valence-electron chi connectivity index (χ0n) is 11.0. The molecule has 0 aliphatic carbocycles. The monoisotopic (exact) mass is 225 g/mol. The standard InChI is InChI=1S/C12H23N3O/c1-9(8-16-5)13-7-6-12-10(2)14-15(4)11(12)3/h9,13H,6-8H2,1-5H3. The lowest BCUT2D eigenvalue weighted by atomic mass is 10.1. The molecular weight excluding hydrogens is 202 g/mol. The third-order valence-corrected chi connectivity index (χ3v) is 2.94. The van der Waals surface area contributed by atoms with Crippen LogP contribution in [0.1, 0.15) is 23.9 Å². The second-order valence-corrected chi connectivity index (χ2v) is 4.33. The number of rotatable bonds is 6. The zero-order chi connectivity index (χ0) is 12.1. The lowest BCUT2D eigenvalue weighted by Crippen LogP contribution is -2.31. The van der Waals surface area contributed by atoms with Crippen molar-refractivity contribution in [3.63, 3.8) is 0 Å². The number of ether oxygens (including phenoxy) is 1. The Morgan fingerprint density at radius 3 is 2.62 bits per heavy atom. The number of nitrogens with zero attached hydrogens (tertiary/aromatic N) is 2. The SMILES string of the molecule is COCC(C)NCCc1c(C)nn(C)c1C. The maximum absolute atomic E-state index is 5.08. The van der Waals surface area contributed by atoms with Gasteiger partial charge in [-0.2, -0.15) is 5.10 Å². The summed E-state index contributed by atoms with van der Waals surface area (Å²) in [5, 5.41) is 7.84. The van der Waals surface area contributed by atoms with E-state index in [-0.39, 0.29) is 0 Å². The van der Waals surface area contributed by atoms with Gasteiger partial charge in [0, 0.05) is 25.9 Å². The summed E-state index contributed by atoms with van der Waals surface area (Å²) in [5.41, 5.74) is 3.76. The molecule has 0 aliphatic heterocycles. The molecule has 0 bridgehead atoms. The number of hydrogen-bond acceptors (Lipinski definition) is 3. The average Bonchev–Trinajstić information content (AvgIpc) is 2.45. The van der Waals surface area contributed by atoms with Crippen molar-refractivity contribution in [1.82, 2.24) is 15.1 Å². The van der Waals surface area contributed by atoms with E-state index in [9.17, 15) is 0 Å². The largest absolute Gasteiger partial charge is 0.383 e. The van der Waals surface area contributed by atoms with E-state index < -0.39 is 0 Å². The third kappa shape index (κ3) is 3.32. The van der Waals surface area contributed by atoms with Gasteiger partial charge in [0.05, 0.1) is 12.3 Å². The van der Waals surface area contributed by atoms with E-state index in [0.717, 1.165) is 25.3 Å². The highest BCUT2D eigenvalue weighted by Gasteiger charge is 2.09. The Bertz CT molecular complexity index is 333. The van der Waals surface area contributed by atoms with Gasteiger partial charge in [0.15, 0.2) is 0 Å².